The molecule has 24 heavy (non-hydrogen) atoms. The maximum absolute atomic E-state index is 12.2. The number of pyridine rings is 1. The standard InChI is InChI=1S/C16H9BrClN3O3/c17-11-2-6-16-19-8-12(20(16)9-11)3-5-15(22)10-1-4-13(18)14(7-10)21(23)24/h1-9H/b5-3+. The zero-order chi connectivity index (χ0) is 17.3. The predicted octanol–water partition coefficient (Wildman–Crippen LogP) is 4.55. The maximum atomic E-state index is 12.2. The molecule has 0 amide bonds. The quantitative estimate of drug-likeness (QED) is 0.275. The molecule has 3 aromatic rings. The number of hydrogen-bond acceptors (Lipinski definition) is 4. The fourth-order valence-electron chi connectivity index (χ4n) is 2.16. The second-order valence-electron chi connectivity index (χ2n) is 4.88. The third kappa shape index (κ3) is 3.22. The minimum Gasteiger partial charge on any atom is -0.299 e. The Morgan fingerprint density at radius 1 is 1.33 bits per heavy atom. The predicted molar refractivity (Wildman–Crippen MR) is 94.4 cm³/mol. The van der Waals surface area contributed by atoms with Gasteiger partial charge in [-0.1, -0.05) is 11.6 Å². The highest BCUT2D eigenvalue weighted by Crippen LogP contribution is 2.25. The van der Waals surface area contributed by atoms with Crippen LogP contribution in [0, 0.1) is 10.1 Å². The van der Waals surface area contributed by atoms with E-state index in [2.05, 4.69) is 20.9 Å². The van der Waals surface area contributed by atoms with Crippen LogP contribution in [0.25, 0.3) is 11.7 Å². The van der Waals surface area contributed by atoms with Crippen LogP contribution in [0.15, 0.2) is 53.3 Å². The molecule has 6 nitrogen and oxygen atoms in total. The number of imidazole rings is 1. The number of halogens is 2. The van der Waals surface area contributed by atoms with E-state index in [0.717, 1.165) is 10.1 Å². The number of nitro groups is 1. The Hall–Kier alpha value is -2.51. The first-order chi connectivity index (χ1) is 11.5. The first kappa shape index (κ1) is 16.4. The summed E-state index contributed by atoms with van der Waals surface area (Å²) in [4.78, 5) is 26.7. The maximum Gasteiger partial charge on any atom is 0.288 e. The summed E-state index contributed by atoms with van der Waals surface area (Å²) in [5, 5.41) is 10.9. The van der Waals surface area contributed by atoms with Crippen LogP contribution in [0.4, 0.5) is 5.69 Å². The van der Waals surface area contributed by atoms with Crippen LogP contribution in [-0.4, -0.2) is 20.1 Å². The van der Waals surface area contributed by atoms with Gasteiger partial charge in [0, 0.05) is 22.3 Å². The molecule has 0 atom stereocenters. The summed E-state index contributed by atoms with van der Waals surface area (Å²) < 4.78 is 2.69. The molecule has 0 saturated carbocycles. The molecule has 0 spiro atoms. The van der Waals surface area contributed by atoms with Gasteiger partial charge in [-0.25, -0.2) is 4.98 Å². The Balaban J connectivity index is 1.91. The molecule has 3 rings (SSSR count). The SMILES string of the molecule is O=C(/C=C/c1cnc2ccc(Br)cn12)c1ccc(Cl)c([N+](=O)[O-])c1. The molecule has 2 heterocycles. The van der Waals surface area contributed by atoms with E-state index in [1.165, 1.54) is 24.3 Å². The monoisotopic (exact) mass is 405 g/mol. The van der Waals surface area contributed by atoms with Crippen LogP contribution in [-0.2, 0) is 0 Å². The second kappa shape index (κ2) is 6.54. The average Bonchev–Trinajstić information content (AvgIpc) is 2.95. The number of carbonyl (C=O) groups is 1. The number of rotatable bonds is 4. The van der Waals surface area contributed by atoms with E-state index in [1.807, 2.05) is 22.7 Å². The number of hydrogen-bond donors (Lipinski definition) is 0. The molecule has 8 heteroatoms. The molecule has 0 fully saturated rings. The number of nitro benzene ring substituents is 1. The van der Waals surface area contributed by atoms with Crippen LogP contribution >= 0.6 is 27.5 Å². The van der Waals surface area contributed by atoms with Crippen molar-refractivity contribution in [3.8, 4) is 0 Å². The van der Waals surface area contributed by atoms with Gasteiger partial charge in [-0.05, 0) is 52.3 Å². The molecular formula is C16H9BrClN3O3. The van der Waals surface area contributed by atoms with Crippen LogP contribution < -0.4 is 0 Å². The Morgan fingerprint density at radius 3 is 2.88 bits per heavy atom. The Morgan fingerprint density at radius 2 is 2.12 bits per heavy atom. The molecular weight excluding hydrogens is 398 g/mol. The number of ketones is 1. The summed E-state index contributed by atoms with van der Waals surface area (Å²) in [5.74, 6) is -0.361. The van der Waals surface area contributed by atoms with Gasteiger partial charge in [0.1, 0.15) is 10.7 Å². The van der Waals surface area contributed by atoms with E-state index >= 15 is 0 Å². The third-order valence-electron chi connectivity index (χ3n) is 3.33. The van der Waals surface area contributed by atoms with Gasteiger partial charge in [0.2, 0.25) is 0 Å². The van der Waals surface area contributed by atoms with Gasteiger partial charge in [0.25, 0.3) is 5.69 Å². The van der Waals surface area contributed by atoms with Crippen molar-refractivity contribution in [2.24, 2.45) is 0 Å². The van der Waals surface area contributed by atoms with Gasteiger partial charge >= 0.3 is 0 Å². The minimum absolute atomic E-state index is 0.00726. The average molecular weight is 407 g/mol. The van der Waals surface area contributed by atoms with Crippen LogP contribution in [0.5, 0.6) is 0 Å². The molecule has 0 unspecified atom stereocenters. The number of nitrogens with zero attached hydrogens (tertiary/aromatic N) is 3. The molecule has 0 aliphatic heterocycles. The molecule has 2 aromatic heterocycles. The lowest BCUT2D eigenvalue weighted by Gasteiger charge is -1.99. The zero-order valence-electron chi connectivity index (χ0n) is 12.0. The first-order valence-electron chi connectivity index (χ1n) is 6.74. The van der Waals surface area contributed by atoms with E-state index in [-0.39, 0.29) is 22.1 Å². The van der Waals surface area contributed by atoms with E-state index in [4.69, 9.17) is 11.6 Å². The van der Waals surface area contributed by atoms with E-state index in [9.17, 15) is 14.9 Å². The van der Waals surface area contributed by atoms with Crippen molar-refractivity contribution < 1.29 is 9.72 Å². The summed E-state index contributed by atoms with van der Waals surface area (Å²) in [6, 6.07) is 7.67. The summed E-state index contributed by atoms with van der Waals surface area (Å²) >= 11 is 9.13. The van der Waals surface area contributed by atoms with Crippen molar-refractivity contribution in [3.05, 3.63) is 79.7 Å². The zero-order valence-corrected chi connectivity index (χ0v) is 14.4. The second-order valence-corrected chi connectivity index (χ2v) is 6.20. The van der Waals surface area contributed by atoms with Gasteiger partial charge in [0.05, 0.1) is 16.8 Å². The number of fused-ring (bicyclic) bond motifs is 1. The Bertz CT molecular complexity index is 997. The normalized spacial score (nSPS) is 11.2. The lowest BCUT2D eigenvalue weighted by atomic mass is 10.1. The largest absolute Gasteiger partial charge is 0.299 e. The van der Waals surface area contributed by atoms with Crippen LogP contribution in [0.3, 0.4) is 0 Å². The van der Waals surface area contributed by atoms with Gasteiger partial charge in [-0.3, -0.25) is 19.3 Å². The van der Waals surface area contributed by atoms with Crippen molar-refractivity contribution >= 4 is 50.7 Å². The minimum atomic E-state index is -0.620. The molecule has 0 radical (unpaired) electrons. The van der Waals surface area contributed by atoms with Crippen LogP contribution in [0.2, 0.25) is 5.02 Å². The lowest BCUT2D eigenvalue weighted by Crippen LogP contribution is -1.97. The van der Waals surface area contributed by atoms with Crippen molar-refractivity contribution in [1.82, 2.24) is 9.38 Å². The smallest absolute Gasteiger partial charge is 0.288 e. The topological polar surface area (TPSA) is 77.5 Å². The fraction of sp³-hybridized carbons (Fsp3) is 0. The fourth-order valence-corrected chi connectivity index (χ4v) is 2.68. The molecule has 1 aromatic carbocycles. The van der Waals surface area contributed by atoms with Crippen molar-refractivity contribution in [2.45, 2.75) is 0 Å². The number of allylic oxidation sites excluding steroid dienone is 1. The molecule has 120 valence electrons. The van der Waals surface area contributed by atoms with E-state index in [0.29, 0.717) is 5.69 Å². The van der Waals surface area contributed by atoms with Gasteiger partial charge in [0.15, 0.2) is 5.78 Å². The van der Waals surface area contributed by atoms with Gasteiger partial charge in [-0.2, -0.15) is 0 Å². The summed E-state index contributed by atoms with van der Waals surface area (Å²) in [5.41, 5.74) is 1.35. The molecule has 0 aliphatic carbocycles. The summed E-state index contributed by atoms with van der Waals surface area (Å²) in [6.45, 7) is 0. The van der Waals surface area contributed by atoms with Gasteiger partial charge in [-0.15, -0.1) is 0 Å². The Labute approximate surface area is 149 Å². The van der Waals surface area contributed by atoms with Crippen molar-refractivity contribution in [2.75, 3.05) is 0 Å². The molecule has 0 saturated heterocycles. The first-order valence-corrected chi connectivity index (χ1v) is 7.92. The molecule has 0 bridgehead atoms. The van der Waals surface area contributed by atoms with Crippen molar-refractivity contribution in [1.29, 1.82) is 0 Å². The highest BCUT2D eigenvalue weighted by Gasteiger charge is 2.15. The van der Waals surface area contributed by atoms with Crippen LogP contribution in [0.1, 0.15) is 16.1 Å². The lowest BCUT2D eigenvalue weighted by molar-refractivity contribution is -0.384. The Kier molecular flexibility index (Phi) is 4.46. The highest BCUT2D eigenvalue weighted by atomic mass is 79.9. The summed E-state index contributed by atoms with van der Waals surface area (Å²) in [7, 11) is 0. The third-order valence-corrected chi connectivity index (χ3v) is 4.12. The van der Waals surface area contributed by atoms with Crippen molar-refractivity contribution in [3.63, 3.8) is 0 Å². The number of benzene rings is 1. The van der Waals surface area contributed by atoms with E-state index < -0.39 is 4.92 Å². The molecule has 0 aliphatic rings. The van der Waals surface area contributed by atoms with E-state index in [1.54, 1.807) is 12.3 Å². The van der Waals surface area contributed by atoms with Gasteiger partial charge < -0.3 is 0 Å². The highest BCUT2D eigenvalue weighted by molar-refractivity contribution is 9.10. The summed E-state index contributed by atoms with van der Waals surface area (Å²) in [6.07, 6.45) is 6.42. The number of aromatic nitrogens is 2. The molecule has 0 N–H and O–H groups in total. The number of carbonyl (C=O) groups excluding carboxylic acids is 1.